The molecule has 0 aliphatic carbocycles. The van der Waals surface area contributed by atoms with E-state index in [9.17, 15) is 0 Å². The molecule has 2 saturated heterocycles. The van der Waals surface area contributed by atoms with E-state index >= 15 is 0 Å². The van der Waals surface area contributed by atoms with Crippen LogP contribution in [0, 0.1) is 20.8 Å². The van der Waals surface area contributed by atoms with E-state index in [1.807, 2.05) is 0 Å². The minimum Gasteiger partial charge on any atom is -0.372 e. The van der Waals surface area contributed by atoms with Gasteiger partial charge >= 0.3 is 0 Å². The molecule has 2 nitrogen and oxygen atoms in total. The zero-order chi connectivity index (χ0) is 29.4. The number of aryl methyl sites for hydroxylation is 3. The van der Waals surface area contributed by atoms with Crippen LogP contribution in [0.5, 0.6) is 0 Å². The summed E-state index contributed by atoms with van der Waals surface area (Å²) in [6.07, 6.45) is 11.9. The summed E-state index contributed by atoms with van der Waals surface area (Å²) in [5.41, 5.74) is 11.0. The summed E-state index contributed by atoms with van der Waals surface area (Å²) >= 11 is 0. The molecule has 3 aromatic rings. The molecule has 0 atom stereocenters. The second kappa shape index (κ2) is 14.3. The van der Waals surface area contributed by atoms with Gasteiger partial charge in [0, 0.05) is 24.4 Å². The van der Waals surface area contributed by atoms with Crippen molar-refractivity contribution in [3.63, 3.8) is 0 Å². The highest BCUT2D eigenvalue weighted by Crippen LogP contribution is 2.24. The van der Waals surface area contributed by atoms with E-state index in [4.69, 9.17) is 0 Å². The first-order valence-corrected chi connectivity index (χ1v) is 15.2. The minimum atomic E-state index is 1.03. The number of rotatable bonds is 6. The van der Waals surface area contributed by atoms with Crippen molar-refractivity contribution in [2.45, 2.75) is 53.4 Å². The van der Waals surface area contributed by atoms with Crippen LogP contribution in [-0.2, 0) is 0 Å². The summed E-state index contributed by atoms with van der Waals surface area (Å²) in [7, 11) is 2.17. The topological polar surface area (TPSA) is 6.48 Å². The molecule has 0 aromatic heterocycles. The van der Waals surface area contributed by atoms with Gasteiger partial charge in [0.05, 0.1) is 0 Å². The number of hydrogen-bond acceptors (Lipinski definition) is 2. The van der Waals surface area contributed by atoms with E-state index < -0.39 is 0 Å². The Labute approximate surface area is 248 Å². The first kappa shape index (κ1) is 30.3. The standard InChI is InChI=1S/C34H37N.C5H11N/c1-24-9-14-30(15-10-24)16-11-25(2)21-34(29(6)35-19-7-8-20-35)33-23-32(18-13-27(33)4)31-17-12-26(3)28(5)22-31;1-6-4-2-3-5-6/h9-18,21-23H,4,6-8,19-20H2,1-3,5H3;2-5H2,1H3/b16-11+,25-21+,34-33+;. The van der Waals surface area contributed by atoms with Gasteiger partial charge in [0.25, 0.3) is 0 Å². The van der Waals surface area contributed by atoms with Crippen LogP contribution in [0.3, 0.4) is 0 Å². The molecule has 2 heterocycles. The third-order valence-electron chi connectivity index (χ3n) is 8.36. The Morgan fingerprint density at radius 3 is 1.98 bits per heavy atom. The van der Waals surface area contributed by atoms with E-state index in [1.54, 1.807) is 0 Å². The quantitative estimate of drug-likeness (QED) is 0.292. The number of nitrogens with zero attached hydrogens (tertiary/aromatic N) is 2. The second-order valence-electron chi connectivity index (χ2n) is 11.9. The molecule has 5 rings (SSSR count). The van der Waals surface area contributed by atoms with Gasteiger partial charge in [0.1, 0.15) is 0 Å². The van der Waals surface area contributed by atoms with Gasteiger partial charge in [0.15, 0.2) is 0 Å². The zero-order valence-corrected chi connectivity index (χ0v) is 26.0. The first-order chi connectivity index (χ1) is 19.7. The third-order valence-corrected chi connectivity index (χ3v) is 8.36. The highest BCUT2D eigenvalue weighted by atomic mass is 15.1. The van der Waals surface area contributed by atoms with Crippen LogP contribution in [0.15, 0.2) is 90.7 Å². The van der Waals surface area contributed by atoms with Crippen molar-refractivity contribution in [1.29, 1.82) is 0 Å². The first-order valence-electron chi connectivity index (χ1n) is 15.2. The van der Waals surface area contributed by atoms with E-state index in [1.165, 1.54) is 77.7 Å². The Bertz CT molecular complexity index is 1510. The lowest BCUT2D eigenvalue weighted by Gasteiger charge is -2.22. The fraction of sp³-hybridized carbons (Fsp3) is 0.333. The Kier molecular flexibility index (Phi) is 10.6. The molecule has 0 spiro atoms. The van der Waals surface area contributed by atoms with Crippen molar-refractivity contribution in [1.82, 2.24) is 9.80 Å². The van der Waals surface area contributed by atoms with Crippen molar-refractivity contribution in [3.8, 4) is 11.1 Å². The molecule has 41 heavy (non-hydrogen) atoms. The second-order valence-corrected chi connectivity index (χ2v) is 11.9. The maximum atomic E-state index is 4.56. The molecule has 2 heteroatoms. The van der Waals surface area contributed by atoms with E-state index in [-0.39, 0.29) is 0 Å². The monoisotopic (exact) mass is 544 g/mol. The fourth-order valence-electron chi connectivity index (χ4n) is 5.46. The van der Waals surface area contributed by atoms with E-state index in [2.05, 4.69) is 137 Å². The highest BCUT2D eigenvalue weighted by Gasteiger charge is 2.16. The van der Waals surface area contributed by atoms with Gasteiger partial charge in [-0.1, -0.05) is 91.0 Å². The predicted octanol–water partition coefficient (Wildman–Crippen LogP) is 7.82. The summed E-state index contributed by atoms with van der Waals surface area (Å²) < 4.78 is 0. The lowest BCUT2D eigenvalue weighted by molar-refractivity contribution is 0.418. The van der Waals surface area contributed by atoms with Crippen LogP contribution < -0.4 is 10.4 Å². The molecular weight excluding hydrogens is 496 g/mol. The van der Waals surface area contributed by atoms with Crippen LogP contribution in [0.4, 0.5) is 0 Å². The fourth-order valence-corrected chi connectivity index (χ4v) is 5.46. The van der Waals surface area contributed by atoms with Gasteiger partial charge in [-0.25, -0.2) is 0 Å². The van der Waals surface area contributed by atoms with Crippen molar-refractivity contribution in [2.24, 2.45) is 0 Å². The molecule has 2 fully saturated rings. The number of likely N-dealkylation sites (tertiary alicyclic amines) is 2. The lowest BCUT2D eigenvalue weighted by atomic mass is 9.97. The molecule has 0 bridgehead atoms. The Hall–Kier alpha value is -3.62. The van der Waals surface area contributed by atoms with Crippen molar-refractivity contribution < 1.29 is 0 Å². The van der Waals surface area contributed by atoms with Crippen LogP contribution in [0.1, 0.15) is 54.9 Å². The molecule has 0 unspecified atom stereocenters. The van der Waals surface area contributed by atoms with Crippen molar-refractivity contribution in [3.05, 3.63) is 123 Å². The van der Waals surface area contributed by atoms with Crippen LogP contribution in [0.25, 0.3) is 29.4 Å². The van der Waals surface area contributed by atoms with Gasteiger partial charge in [-0.05, 0) is 124 Å². The maximum Gasteiger partial charge on any atom is 0.0373 e. The molecule has 0 radical (unpaired) electrons. The van der Waals surface area contributed by atoms with Crippen LogP contribution in [-0.4, -0.2) is 43.0 Å². The van der Waals surface area contributed by atoms with Crippen molar-refractivity contribution in [2.75, 3.05) is 33.2 Å². The predicted molar refractivity (Wildman–Crippen MR) is 180 cm³/mol. The SMILES string of the molecule is C=C(C(/C=C(C)/C=C/c1ccc(C)cc1)=c1\cc(-c2ccc(C)c(C)c2)ccc1=C)N1CCCC1.CN1CCCC1. The van der Waals surface area contributed by atoms with Gasteiger partial charge in [-0.2, -0.15) is 0 Å². The average molecular weight is 545 g/mol. The molecular formula is C39H48N2. The zero-order valence-electron chi connectivity index (χ0n) is 26.0. The molecule has 0 N–H and O–H groups in total. The summed E-state index contributed by atoms with van der Waals surface area (Å²) in [5, 5.41) is 2.18. The summed E-state index contributed by atoms with van der Waals surface area (Å²) in [4.78, 5) is 4.78. The summed E-state index contributed by atoms with van der Waals surface area (Å²) in [5.74, 6) is 0. The molecule has 2 aliphatic heterocycles. The van der Waals surface area contributed by atoms with Gasteiger partial charge in [0.2, 0.25) is 0 Å². The Morgan fingerprint density at radius 2 is 1.37 bits per heavy atom. The maximum absolute atomic E-state index is 4.56. The smallest absolute Gasteiger partial charge is 0.0373 e. The lowest BCUT2D eigenvalue weighted by Crippen LogP contribution is -2.29. The van der Waals surface area contributed by atoms with Gasteiger partial charge in [-0.15, -0.1) is 0 Å². The number of hydrogen-bond donors (Lipinski definition) is 0. The van der Waals surface area contributed by atoms with Crippen LogP contribution in [0.2, 0.25) is 0 Å². The molecule has 214 valence electrons. The normalized spacial score (nSPS) is 16.6. The van der Waals surface area contributed by atoms with E-state index in [0.29, 0.717) is 0 Å². The Morgan fingerprint density at radius 1 is 0.756 bits per heavy atom. The largest absolute Gasteiger partial charge is 0.372 e. The highest BCUT2D eigenvalue weighted by molar-refractivity contribution is 5.75. The molecule has 0 saturated carbocycles. The van der Waals surface area contributed by atoms with Crippen LogP contribution >= 0.6 is 0 Å². The minimum absolute atomic E-state index is 1.03. The summed E-state index contributed by atoms with van der Waals surface area (Å²) in [6.45, 7) is 22.3. The van der Waals surface area contributed by atoms with Crippen molar-refractivity contribution >= 4 is 18.2 Å². The Balaban J connectivity index is 0.000000572. The molecule has 3 aromatic carbocycles. The third kappa shape index (κ3) is 8.44. The summed E-state index contributed by atoms with van der Waals surface area (Å²) in [6, 6.07) is 21.9. The number of allylic oxidation sites excluding steroid dienone is 3. The average Bonchev–Trinajstić information content (AvgIpc) is 3.68. The van der Waals surface area contributed by atoms with Gasteiger partial charge in [-0.3, -0.25) is 0 Å². The molecule has 0 amide bonds. The molecule has 2 aliphatic rings. The van der Waals surface area contributed by atoms with E-state index in [0.717, 1.165) is 34.8 Å². The number of benzene rings is 3. The van der Waals surface area contributed by atoms with Gasteiger partial charge < -0.3 is 9.80 Å².